The van der Waals surface area contributed by atoms with Crippen molar-refractivity contribution in [2.24, 2.45) is 0 Å². The number of aromatic hydroxyl groups is 1. The molecule has 0 fully saturated rings. The summed E-state index contributed by atoms with van der Waals surface area (Å²) in [4.78, 5) is 6.65. The van der Waals surface area contributed by atoms with E-state index in [-0.39, 0.29) is 11.8 Å². The van der Waals surface area contributed by atoms with Crippen LogP contribution in [0.4, 0.5) is 5.69 Å². The molecule has 1 atom stereocenters. The van der Waals surface area contributed by atoms with Crippen molar-refractivity contribution in [1.82, 2.24) is 10.3 Å². The van der Waals surface area contributed by atoms with Gasteiger partial charge in [0.05, 0.1) is 6.04 Å². The third-order valence-electron chi connectivity index (χ3n) is 5.16. The van der Waals surface area contributed by atoms with E-state index in [2.05, 4.69) is 46.0 Å². The molecule has 3 aromatic rings. The summed E-state index contributed by atoms with van der Waals surface area (Å²) < 4.78 is 0. The Morgan fingerprint density at radius 3 is 2.39 bits per heavy atom. The van der Waals surface area contributed by atoms with Crippen LogP contribution in [0.3, 0.4) is 0 Å². The van der Waals surface area contributed by atoms with Crippen LogP contribution in [0.2, 0.25) is 0 Å². The maximum atomic E-state index is 11.2. The van der Waals surface area contributed by atoms with E-state index in [0.717, 1.165) is 39.2 Å². The fourth-order valence-electron chi connectivity index (χ4n) is 3.46. The number of hydrogen-bond acceptors (Lipinski definition) is 4. The summed E-state index contributed by atoms with van der Waals surface area (Å²) in [6.07, 6.45) is 5.95. The van der Waals surface area contributed by atoms with Gasteiger partial charge in [0, 0.05) is 42.1 Å². The molecule has 2 N–H and O–H groups in total. The van der Waals surface area contributed by atoms with Crippen molar-refractivity contribution in [1.29, 1.82) is 0 Å². The summed E-state index contributed by atoms with van der Waals surface area (Å²) in [5.41, 5.74) is 6.45. The van der Waals surface area contributed by atoms with E-state index >= 15 is 0 Å². The van der Waals surface area contributed by atoms with E-state index in [9.17, 15) is 5.11 Å². The molecule has 2 aromatic carbocycles. The van der Waals surface area contributed by atoms with Gasteiger partial charge in [0.1, 0.15) is 11.3 Å². The first-order chi connectivity index (χ1) is 14.8. The molecule has 160 valence electrons. The first kappa shape index (κ1) is 22.2. The second kappa shape index (κ2) is 9.52. The molecule has 1 aromatic heterocycles. The highest BCUT2D eigenvalue weighted by atomic mass is 16.3. The number of rotatable bonds is 7. The van der Waals surface area contributed by atoms with Gasteiger partial charge in [-0.05, 0) is 50.6 Å². The van der Waals surface area contributed by atoms with E-state index in [1.165, 1.54) is 0 Å². The van der Waals surface area contributed by atoms with E-state index in [1.807, 2.05) is 77.4 Å². The third kappa shape index (κ3) is 5.34. The lowest BCUT2D eigenvalue weighted by molar-refractivity contribution is 0.466. The van der Waals surface area contributed by atoms with Gasteiger partial charge in [-0.1, -0.05) is 54.6 Å². The van der Waals surface area contributed by atoms with E-state index in [0.29, 0.717) is 5.52 Å². The number of phenols is 1. The van der Waals surface area contributed by atoms with Crippen LogP contribution in [-0.2, 0) is 0 Å². The molecule has 0 aliphatic heterocycles. The Morgan fingerprint density at radius 2 is 1.74 bits per heavy atom. The van der Waals surface area contributed by atoms with Crippen LogP contribution in [0.1, 0.15) is 36.7 Å². The lowest BCUT2D eigenvalue weighted by Gasteiger charge is -2.24. The molecule has 0 amide bonds. The van der Waals surface area contributed by atoms with Gasteiger partial charge < -0.3 is 15.3 Å². The molecular formula is C27H31N3O. The van der Waals surface area contributed by atoms with Crippen molar-refractivity contribution in [3.05, 3.63) is 101 Å². The number of benzene rings is 2. The Balaban J connectivity index is 2.08. The first-order valence-corrected chi connectivity index (χ1v) is 10.4. The summed E-state index contributed by atoms with van der Waals surface area (Å²) in [5, 5.41) is 15.6. The Bertz CT molecular complexity index is 1140. The average molecular weight is 414 g/mol. The van der Waals surface area contributed by atoms with Gasteiger partial charge in [-0.25, -0.2) is 4.98 Å². The van der Waals surface area contributed by atoms with E-state index in [4.69, 9.17) is 0 Å². The number of pyridine rings is 1. The third-order valence-corrected chi connectivity index (χ3v) is 5.16. The predicted molar refractivity (Wildman–Crippen MR) is 132 cm³/mol. The van der Waals surface area contributed by atoms with Crippen LogP contribution in [0.15, 0.2) is 84.6 Å². The molecule has 0 aliphatic rings. The van der Waals surface area contributed by atoms with Crippen LogP contribution in [0.5, 0.6) is 5.75 Å². The highest BCUT2D eigenvalue weighted by molar-refractivity contribution is 5.86. The first-order valence-electron chi connectivity index (χ1n) is 10.4. The van der Waals surface area contributed by atoms with Crippen LogP contribution in [-0.4, -0.2) is 24.2 Å². The minimum absolute atomic E-state index is 0.209. The minimum atomic E-state index is -0.225. The number of hydrogen-bond donors (Lipinski definition) is 2. The number of anilines is 1. The topological polar surface area (TPSA) is 48.4 Å². The molecule has 0 spiro atoms. The van der Waals surface area contributed by atoms with Crippen molar-refractivity contribution in [3.63, 3.8) is 0 Å². The Labute approximate surface area is 185 Å². The number of allylic oxidation sites excluding steroid dienone is 5. The van der Waals surface area contributed by atoms with Crippen molar-refractivity contribution in [2.75, 3.05) is 19.0 Å². The fraction of sp³-hybridized carbons (Fsp3) is 0.222. The lowest BCUT2D eigenvalue weighted by Crippen LogP contribution is -2.21. The Morgan fingerprint density at radius 1 is 1.06 bits per heavy atom. The summed E-state index contributed by atoms with van der Waals surface area (Å²) in [5.74, 6) is 0.209. The molecule has 0 saturated heterocycles. The molecule has 0 bridgehead atoms. The zero-order valence-electron chi connectivity index (χ0n) is 19.0. The molecule has 0 radical (unpaired) electrons. The number of aryl methyl sites for hydroxylation is 1. The average Bonchev–Trinajstić information content (AvgIpc) is 2.73. The van der Waals surface area contributed by atoms with Crippen molar-refractivity contribution in [2.45, 2.75) is 26.8 Å². The highest BCUT2D eigenvalue weighted by Crippen LogP contribution is 2.35. The van der Waals surface area contributed by atoms with Gasteiger partial charge in [-0.15, -0.1) is 0 Å². The minimum Gasteiger partial charge on any atom is -0.505 e. The molecule has 0 saturated carbocycles. The van der Waals surface area contributed by atoms with Gasteiger partial charge in [0.25, 0.3) is 0 Å². The SMILES string of the molecule is C=C(C)/C=C\C=C(/C)N[C@@H](c1ccc(N(C)C)cc1)c1ccc2ccc(C)nc2c1O. The van der Waals surface area contributed by atoms with Crippen molar-refractivity contribution in [3.8, 4) is 5.75 Å². The second-order valence-corrected chi connectivity index (χ2v) is 8.15. The molecule has 4 nitrogen and oxygen atoms in total. The van der Waals surface area contributed by atoms with Crippen molar-refractivity contribution < 1.29 is 5.11 Å². The van der Waals surface area contributed by atoms with Gasteiger partial charge >= 0.3 is 0 Å². The molecule has 0 aliphatic carbocycles. The molecular weight excluding hydrogens is 382 g/mol. The number of phenolic OH excluding ortho intramolecular Hbond substituents is 1. The van der Waals surface area contributed by atoms with Gasteiger partial charge in [0.15, 0.2) is 0 Å². The van der Waals surface area contributed by atoms with Crippen LogP contribution in [0, 0.1) is 6.92 Å². The Hall–Kier alpha value is -3.53. The lowest BCUT2D eigenvalue weighted by atomic mass is 9.95. The number of nitrogens with one attached hydrogen (secondary N) is 1. The van der Waals surface area contributed by atoms with Gasteiger partial charge in [0.2, 0.25) is 0 Å². The monoisotopic (exact) mass is 413 g/mol. The smallest absolute Gasteiger partial charge is 0.147 e. The van der Waals surface area contributed by atoms with E-state index < -0.39 is 0 Å². The zero-order valence-corrected chi connectivity index (χ0v) is 19.0. The highest BCUT2D eigenvalue weighted by Gasteiger charge is 2.20. The zero-order chi connectivity index (χ0) is 22.5. The van der Waals surface area contributed by atoms with E-state index in [1.54, 1.807) is 0 Å². The molecule has 1 heterocycles. The molecule has 3 rings (SSSR count). The summed E-state index contributed by atoms with van der Waals surface area (Å²) in [7, 11) is 4.05. The van der Waals surface area contributed by atoms with Crippen molar-refractivity contribution >= 4 is 16.6 Å². The second-order valence-electron chi connectivity index (χ2n) is 8.15. The summed E-state index contributed by atoms with van der Waals surface area (Å²) in [6.45, 7) is 9.81. The molecule has 0 unspecified atom stereocenters. The fourth-order valence-corrected chi connectivity index (χ4v) is 3.46. The number of nitrogens with zero attached hydrogens (tertiary/aromatic N) is 2. The predicted octanol–water partition coefficient (Wildman–Crippen LogP) is 6.03. The number of fused-ring (bicyclic) bond motifs is 1. The summed E-state index contributed by atoms with van der Waals surface area (Å²) >= 11 is 0. The van der Waals surface area contributed by atoms with Gasteiger partial charge in [-0.2, -0.15) is 0 Å². The standard InChI is InChI=1S/C27H31N3O/c1-18(2)8-7-9-19(3)28-25(21-12-15-23(16-13-21)30(5)6)24-17-14-22-11-10-20(4)29-26(22)27(24)31/h7-17,25,28,31H,1H2,2-6H3/b8-7-,19-9+/t25-/m0/s1. The van der Waals surface area contributed by atoms with Crippen LogP contribution < -0.4 is 10.2 Å². The summed E-state index contributed by atoms with van der Waals surface area (Å²) in [6, 6.07) is 16.1. The quantitative estimate of drug-likeness (QED) is 0.464. The largest absolute Gasteiger partial charge is 0.505 e. The normalized spacial score (nSPS) is 12.9. The van der Waals surface area contributed by atoms with Crippen LogP contribution in [0.25, 0.3) is 10.9 Å². The van der Waals surface area contributed by atoms with Gasteiger partial charge in [-0.3, -0.25) is 0 Å². The number of aromatic nitrogens is 1. The molecule has 31 heavy (non-hydrogen) atoms. The maximum Gasteiger partial charge on any atom is 0.147 e. The Kier molecular flexibility index (Phi) is 6.81. The van der Waals surface area contributed by atoms with Crippen LogP contribution >= 0.6 is 0 Å². The maximum absolute atomic E-state index is 11.2. The molecule has 4 heteroatoms.